The largest absolute Gasteiger partial charge is 0.497 e. The van der Waals surface area contributed by atoms with E-state index in [1.165, 1.54) is 16.0 Å². The first kappa shape index (κ1) is 20.6. The van der Waals surface area contributed by atoms with E-state index in [4.69, 9.17) is 21.1 Å². The Morgan fingerprint density at radius 1 is 1.09 bits per heavy atom. The minimum absolute atomic E-state index is 0.115. The number of halogens is 1. The van der Waals surface area contributed by atoms with Gasteiger partial charge in [0.2, 0.25) is 0 Å². The Hall–Kier alpha value is -3.29. The van der Waals surface area contributed by atoms with E-state index in [0.717, 1.165) is 43.6 Å². The van der Waals surface area contributed by atoms with Crippen molar-refractivity contribution >= 4 is 38.5 Å². The second-order valence-electron chi connectivity index (χ2n) is 7.44. The van der Waals surface area contributed by atoms with Crippen molar-refractivity contribution in [2.45, 2.75) is 19.3 Å². The van der Waals surface area contributed by atoms with Crippen LogP contribution < -0.4 is 15.0 Å². The van der Waals surface area contributed by atoms with Crippen LogP contribution in [0.3, 0.4) is 0 Å². The Morgan fingerprint density at radius 2 is 1.84 bits per heavy atom. The molecule has 8 heteroatoms. The normalized spacial score (nSPS) is 11.3. The standard InChI is InChI=1S/C24H20ClN3O3S/c1-15-22-20(12-26-28(23(22)29)13-17-6-4-7-18(10-17)30-2)24-27(15)14-21(32-24)31-19-8-3-5-16(9-19)11-25/h3-10,12,14H,11,13H2,1-2H3. The number of fused-ring (bicyclic) bond motifs is 3. The van der Waals surface area contributed by atoms with Gasteiger partial charge in [-0.3, -0.25) is 4.79 Å². The zero-order valence-electron chi connectivity index (χ0n) is 17.5. The van der Waals surface area contributed by atoms with Crippen molar-refractivity contribution in [1.82, 2.24) is 14.2 Å². The van der Waals surface area contributed by atoms with Gasteiger partial charge in [-0.25, -0.2) is 4.68 Å². The maximum atomic E-state index is 13.2. The lowest BCUT2D eigenvalue weighted by atomic mass is 10.2. The van der Waals surface area contributed by atoms with Crippen LogP contribution in [0.25, 0.3) is 15.6 Å². The van der Waals surface area contributed by atoms with Crippen LogP contribution in [0.2, 0.25) is 0 Å². The number of ether oxygens (including phenoxy) is 2. The number of rotatable bonds is 6. The van der Waals surface area contributed by atoms with Crippen molar-refractivity contribution in [3.05, 3.63) is 88.1 Å². The van der Waals surface area contributed by atoms with Gasteiger partial charge in [0.1, 0.15) is 16.3 Å². The van der Waals surface area contributed by atoms with Crippen LogP contribution in [0.1, 0.15) is 16.8 Å². The van der Waals surface area contributed by atoms with Crippen molar-refractivity contribution in [2.75, 3.05) is 7.11 Å². The molecule has 3 heterocycles. The first-order valence-corrected chi connectivity index (χ1v) is 11.4. The fourth-order valence-electron chi connectivity index (χ4n) is 3.80. The molecule has 2 aromatic carbocycles. The fraction of sp³-hybridized carbons (Fsp3) is 0.167. The van der Waals surface area contributed by atoms with Crippen LogP contribution in [0.15, 0.2) is 65.7 Å². The van der Waals surface area contributed by atoms with Crippen LogP contribution in [0.4, 0.5) is 0 Å². The molecule has 5 aromatic rings. The molecule has 0 radical (unpaired) electrons. The molecule has 0 atom stereocenters. The molecule has 0 bridgehead atoms. The highest BCUT2D eigenvalue weighted by atomic mass is 35.5. The Kier molecular flexibility index (Phi) is 5.36. The molecule has 3 aromatic heterocycles. The lowest BCUT2D eigenvalue weighted by molar-refractivity contribution is 0.414. The number of thiazole rings is 1. The maximum absolute atomic E-state index is 13.2. The zero-order chi connectivity index (χ0) is 22.2. The number of aryl methyl sites for hydroxylation is 1. The summed E-state index contributed by atoms with van der Waals surface area (Å²) in [6, 6.07) is 15.3. The van der Waals surface area contributed by atoms with E-state index in [-0.39, 0.29) is 5.56 Å². The van der Waals surface area contributed by atoms with Crippen LogP contribution in [0.5, 0.6) is 16.6 Å². The molecule has 0 unspecified atom stereocenters. The van der Waals surface area contributed by atoms with Crippen molar-refractivity contribution < 1.29 is 9.47 Å². The average Bonchev–Trinajstić information content (AvgIpc) is 3.34. The predicted molar refractivity (Wildman–Crippen MR) is 128 cm³/mol. The molecule has 0 saturated carbocycles. The average molecular weight is 466 g/mol. The summed E-state index contributed by atoms with van der Waals surface area (Å²) < 4.78 is 14.8. The summed E-state index contributed by atoms with van der Waals surface area (Å²) in [7, 11) is 1.62. The number of benzene rings is 2. The van der Waals surface area contributed by atoms with Crippen LogP contribution in [-0.4, -0.2) is 21.3 Å². The number of hydrogen-bond acceptors (Lipinski definition) is 5. The smallest absolute Gasteiger partial charge is 0.276 e. The lowest BCUT2D eigenvalue weighted by Gasteiger charge is -2.07. The van der Waals surface area contributed by atoms with Crippen LogP contribution in [0, 0.1) is 6.92 Å². The Labute approximate surface area is 193 Å². The highest BCUT2D eigenvalue weighted by Crippen LogP contribution is 2.36. The SMILES string of the molecule is COc1cccc(Cn2ncc3c(c(C)n4cc(Oc5cccc(CCl)c5)sc34)c2=O)c1. The minimum Gasteiger partial charge on any atom is -0.497 e. The van der Waals surface area contributed by atoms with Gasteiger partial charge < -0.3 is 13.9 Å². The van der Waals surface area contributed by atoms with Crippen molar-refractivity contribution in [3.63, 3.8) is 0 Å². The Balaban J connectivity index is 1.52. The van der Waals surface area contributed by atoms with E-state index in [9.17, 15) is 4.79 Å². The minimum atomic E-state index is -0.115. The number of alkyl halides is 1. The molecular formula is C24H20ClN3O3S. The number of methoxy groups -OCH3 is 1. The zero-order valence-corrected chi connectivity index (χ0v) is 19.1. The van der Waals surface area contributed by atoms with Gasteiger partial charge in [-0.05, 0) is 42.3 Å². The van der Waals surface area contributed by atoms with Crippen LogP contribution >= 0.6 is 22.9 Å². The van der Waals surface area contributed by atoms with Crippen molar-refractivity contribution in [1.29, 1.82) is 0 Å². The van der Waals surface area contributed by atoms with Gasteiger partial charge in [-0.15, -0.1) is 11.6 Å². The third kappa shape index (κ3) is 3.63. The summed E-state index contributed by atoms with van der Waals surface area (Å²) in [5.74, 6) is 1.91. The maximum Gasteiger partial charge on any atom is 0.276 e. The van der Waals surface area contributed by atoms with Gasteiger partial charge in [0.05, 0.1) is 31.4 Å². The monoisotopic (exact) mass is 465 g/mol. The topological polar surface area (TPSA) is 57.8 Å². The number of aromatic nitrogens is 3. The predicted octanol–water partition coefficient (Wildman–Crippen LogP) is 5.61. The second kappa shape index (κ2) is 8.33. The highest BCUT2D eigenvalue weighted by Gasteiger charge is 2.18. The Morgan fingerprint density at radius 3 is 2.62 bits per heavy atom. The van der Waals surface area contributed by atoms with Crippen molar-refractivity contribution in [3.8, 4) is 16.6 Å². The van der Waals surface area contributed by atoms with E-state index in [2.05, 4.69) is 5.10 Å². The summed E-state index contributed by atoms with van der Waals surface area (Å²) in [5.41, 5.74) is 2.69. The molecule has 0 aliphatic carbocycles. The van der Waals surface area contributed by atoms with E-state index in [1.54, 1.807) is 13.3 Å². The quantitative estimate of drug-likeness (QED) is 0.306. The summed E-state index contributed by atoms with van der Waals surface area (Å²) in [5, 5.41) is 6.67. The molecule has 6 nitrogen and oxygen atoms in total. The summed E-state index contributed by atoms with van der Waals surface area (Å²) >= 11 is 7.41. The van der Waals surface area contributed by atoms with E-state index < -0.39 is 0 Å². The third-order valence-electron chi connectivity index (χ3n) is 5.39. The molecule has 0 fully saturated rings. The van der Waals surface area contributed by atoms with Gasteiger partial charge in [0, 0.05) is 17.0 Å². The summed E-state index contributed by atoms with van der Waals surface area (Å²) in [6.07, 6.45) is 3.67. The summed E-state index contributed by atoms with van der Waals surface area (Å²) in [6.45, 7) is 2.32. The first-order chi connectivity index (χ1) is 15.6. The second-order valence-corrected chi connectivity index (χ2v) is 8.70. The van der Waals surface area contributed by atoms with Gasteiger partial charge in [0.15, 0.2) is 5.06 Å². The molecule has 0 aliphatic heterocycles. The van der Waals surface area contributed by atoms with E-state index >= 15 is 0 Å². The van der Waals surface area contributed by atoms with Gasteiger partial charge in [-0.1, -0.05) is 35.6 Å². The van der Waals surface area contributed by atoms with Gasteiger partial charge >= 0.3 is 0 Å². The molecular weight excluding hydrogens is 446 g/mol. The molecule has 0 aliphatic rings. The number of nitrogens with zero attached hydrogens (tertiary/aromatic N) is 3. The lowest BCUT2D eigenvalue weighted by Crippen LogP contribution is -2.23. The highest BCUT2D eigenvalue weighted by molar-refractivity contribution is 7.20. The van der Waals surface area contributed by atoms with Crippen molar-refractivity contribution in [2.24, 2.45) is 0 Å². The molecule has 0 amide bonds. The molecule has 0 saturated heterocycles. The summed E-state index contributed by atoms with van der Waals surface area (Å²) in [4.78, 5) is 14.2. The van der Waals surface area contributed by atoms with Gasteiger partial charge in [-0.2, -0.15) is 5.10 Å². The molecule has 0 N–H and O–H groups in total. The fourth-order valence-corrected chi connectivity index (χ4v) is 5.01. The molecule has 162 valence electrons. The van der Waals surface area contributed by atoms with Crippen LogP contribution in [-0.2, 0) is 12.4 Å². The first-order valence-electron chi connectivity index (χ1n) is 10.0. The Bertz CT molecular complexity index is 1500. The van der Waals surface area contributed by atoms with Gasteiger partial charge in [0.25, 0.3) is 5.56 Å². The molecule has 5 rings (SSSR count). The van der Waals surface area contributed by atoms with E-state index in [0.29, 0.717) is 17.8 Å². The third-order valence-corrected chi connectivity index (χ3v) is 6.69. The van der Waals surface area contributed by atoms with E-state index in [1.807, 2.05) is 66.1 Å². The number of hydrogen-bond donors (Lipinski definition) is 0. The molecule has 0 spiro atoms. The molecule has 32 heavy (non-hydrogen) atoms.